The number of esters is 1. The van der Waals surface area contributed by atoms with Crippen molar-refractivity contribution in [1.29, 1.82) is 0 Å². The Balaban J connectivity index is 1.82. The lowest BCUT2D eigenvalue weighted by molar-refractivity contribution is -0.136. The fourth-order valence-corrected chi connectivity index (χ4v) is 2.72. The number of carbonyl (C=O) groups excluding carboxylic acids is 1. The Labute approximate surface area is 142 Å². The van der Waals surface area contributed by atoms with Crippen LogP contribution in [0.3, 0.4) is 0 Å². The third-order valence-electron chi connectivity index (χ3n) is 4.20. The second-order valence-corrected chi connectivity index (χ2v) is 6.31. The summed E-state index contributed by atoms with van der Waals surface area (Å²) in [5.41, 5.74) is 0.885. The van der Waals surface area contributed by atoms with Crippen LogP contribution >= 0.6 is 0 Å². The van der Waals surface area contributed by atoms with Gasteiger partial charge in [0.25, 0.3) is 0 Å². The standard InChI is InChI=1S/C21H34O2/c1-2-3-4-5-6-7-8-9-10-11-12-13-14-15-16-17-20-18-19-23-21(20)22/h6-7,9-10,18H,2-5,8,11-17,19H2,1H3/b7-6-,10-9-. The van der Waals surface area contributed by atoms with E-state index in [9.17, 15) is 4.79 Å². The molecule has 0 aromatic rings. The van der Waals surface area contributed by atoms with Gasteiger partial charge in [-0.2, -0.15) is 0 Å². The zero-order chi connectivity index (χ0) is 16.6. The molecular weight excluding hydrogens is 284 g/mol. The Morgan fingerprint density at radius 2 is 1.57 bits per heavy atom. The lowest BCUT2D eigenvalue weighted by Gasteiger charge is -2.00. The smallest absolute Gasteiger partial charge is 0.334 e. The molecule has 2 nitrogen and oxygen atoms in total. The molecule has 0 aromatic heterocycles. The minimum Gasteiger partial charge on any atom is -0.458 e. The highest BCUT2D eigenvalue weighted by Gasteiger charge is 2.15. The van der Waals surface area contributed by atoms with E-state index in [4.69, 9.17) is 4.74 Å². The number of hydrogen-bond donors (Lipinski definition) is 0. The third-order valence-corrected chi connectivity index (χ3v) is 4.20. The number of allylic oxidation sites excluding steroid dienone is 4. The molecule has 23 heavy (non-hydrogen) atoms. The topological polar surface area (TPSA) is 26.3 Å². The van der Waals surface area contributed by atoms with Crippen molar-refractivity contribution in [3.63, 3.8) is 0 Å². The zero-order valence-corrected chi connectivity index (χ0v) is 14.9. The quantitative estimate of drug-likeness (QED) is 0.214. The van der Waals surface area contributed by atoms with Crippen molar-refractivity contribution in [3.8, 4) is 0 Å². The maximum Gasteiger partial charge on any atom is 0.334 e. The van der Waals surface area contributed by atoms with Gasteiger partial charge >= 0.3 is 5.97 Å². The van der Waals surface area contributed by atoms with Crippen LogP contribution in [0.4, 0.5) is 0 Å². The van der Waals surface area contributed by atoms with E-state index in [1.165, 1.54) is 57.8 Å². The van der Waals surface area contributed by atoms with Gasteiger partial charge in [-0.3, -0.25) is 0 Å². The van der Waals surface area contributed by atoms with Crippen molar-refractivity contribution in [3.05, 3.63) is 36.0 Å². The summed E-state index contributed by atoms with van der Waals surface area (Å²) in [6.07, 6.45) is 25.7. The van der Waals surface area contributed by atoms with E-state index in [1.54, 1.807) is 0 Å². The van der Waals surface area contributed by atoms with Crippen LogP contribution in [0.25, 0.3) is 0 Å². The summed E-state index contributed by atoms with van der Waals surface area (Å²) in [5, 5.41) is 0. The van der Waals surface area contributed by atoms with Crippen LogP contribution in [-0.2, 0) is 9.53 Å². The van der Waals surface area contributed by atoms with Crippen molar-refractivity contribution < 1.29 is 9.53 Å². The highest BCUT2D eigenvalue weighted by molar-refractivity contribution is 5.90. The minimum absolute atomic E-state index is 0.102. The summed E-state index contributed by atoms with van der Waals surface area (Å²) >= 11 is 0. The number of ether oxygens (including phenoxy) is 1. The van der Waals surface area contributed by atoms with Crippen molar-refractivity contribution >= 4 is 5.97 Å². The first-order chi connectivity index (χ1) is 11.3. The van der Waals surface area contributed by atoms with Crippen molar-refractivity contribution in [2.45, 2.75) is 84.0 Å². The van der Waals surface area contributed by atoms with Gasteiger partial charge in [-0.1, -0.05) is 63.3 Å². The van der Waals surface area contributed by atoms with E-state index in [2.05, 4.69) is 31.2 Å². The molecule has 1 rings (SSSR count). The molecule has 1 aliphatic heterocycles. The molecule has 0 N–H and O–H groups in total. The van der Waals surface area contributed by atoms with Crippen LogP contribution in [0, 0.1) is 0 Å². The maximum atomic E-state index is 11.3. The van der Waals surface area contributed by atoms with Gasteiger partial charge in [-0.25, -0.2) is 4.79 Å². The monoisotopic (exact) mass is 318 g/mol. The van der Waals surface area contributed by atoms with Crippen molar-refractivity contribution in [1.82, 2.24) is 0 Å². The number of cyclic esters (lactones) is 1. The van der Waals surface area contributed by atoms with Gasteiger partial charge in [0, 0.05) is 5.57 Å². The number of unbranched alkanes of at least 4 members (excludes halogenated alkanes) is 8. The van der Waals surface area contributed by atoms with E-state index in [0.29, 0.717) is 6.61 Å². The highest BCUT2D eigenvalue weighted by atomic mass is 16.5. The summed E-state index contributed by atoms with van der Waals surface area (Å²) < 4.78 is 4.90. The Kier molecular flexibility index (Phi) is 12.3. The third kappa shape index (κ3) is 11.0. The highest BCUT2D eigenvalue weighted by Crippen LogP contribution is 2.16. The normalized spacial score (nSPS) is 14.8. The Morgan fingerprint density at radius 1 is 0.913 bits per heavy atom. The van der Waals surface area contributed by atoms with Gasteiger partial charge in [0.15, 0.2) is 0 Å². The van der Waals surface area contributed by atoms with Crippen LogP contribution in [0.2, 0.25) is 0 Å². The SMILES string of the molecule is CCCCC/C=C\C/C=C\CCCCCCCC1=CCOC1=O. The summed E-state index contributed by atoms with van der Waals surface area (Å²) in [7, 11) is 0. The molecule has 0 amide bonds. The summed E-state index contributed by atoms with van der Waals surface area (Å²) in [5.74, 6) is -0.102. The fourth-order valence-electron chi connectivity index (χ4n) is 2.72. The lowest BCUT2D eigenvalue weighted by atomic mass is 10.1. The predicted molar refractivity (Wildman–Crippen MR) is 98.4 cm³/mol. The largest absolute Gasteiger partial charge is 0.458 e. The molecule has 0 aromatic carbocycles. The molecule has 130 valence electrons. The second-order valence-electron chi connectivity index (χ2n) is 6.31. The molecule has 0 aliphatic carbocycles. The van der Waals surface area contributed by atoms with Gasteiger partial charge in [-0.05, 0) is 51.0 Å². The van der Waals surface area contributed by atoms with Crippen LogP contribution < -0.4 is 0 Å². The van der Waals surface area contributed by atoms with Gasteiger partial charge in [-0.15, -0.1) is 0 Å². The molecule has 0 fully saturated rings. The predicted octanol–water partition coefficient (Wildman–Crippen LogP) is 6.28. The first kappa shape index (κ1) is 19.7. The Bertz CT molecular complexity index is 391. The molecule has 1 aliphatic rings. The van der Waals surface area contributed by atoms with Gasteiger partial charge in [0.05, 0.1) is 0 Å². The first-order valence-corrected chi connectivity index (χ1v) is 9.50. The maximum absolute atomic E-state index is 11.3. The molecule has 0 bridgehead atoms. The molecule has 0 saturated heterocycles. The summed E-state index contributed by atoms with van der Waals surface area (Å²) in [6, 6.07) is 0. The van der Waals surface area contributed by atoms with E-state index in [1.807, 2.05) is 6.08 Å². The van der Waals surface area contributed by atoms with E-state index in [-0.39, 0.29) is 5.97 Å². The number of carbonyl (C=O) groups is 1. The average molecular weight is 319 g/mol. The number of rotatable bonds is 14. The van der Waals surface area contributed by atoms with E-state index >= 15 is 0 Å². The molecule has 0 saturated carbocycles. The first-order valence-electron chi connectivity index (χ1n) is 9.50. The lowest BCUT2D eigenvalue weighted by Crippen LogP contribution is -1.99. The number of hydrogen-bond acceptors (Lipinski definition) is 2. The van der Waals surface area contributed by atoms with Crippen LogP contribution in [0.15, 0.2) is 36.0 Å². The van der Waals surface area contributed by atoms with E-state index in [0.717, 1.165) is 24.8 Å². The molecule has 0 atom stereocenters. The van der Waals surface area contributed by atoms with Crippen LogP contribution in [0.1, 0.15) is 84.0 Å². The Morgan fingerprint density at radius 3 is 2.22 bits per heavy atom. The second kappa shape index (κ2) is 14.3. The fraction of sp³-hybridized carbons (Fsp3) is 0.667. The summed E-state index contributed by atoms with van der Waals surface area (Å²) in [4.78, 5) is 11.3. The van der Waals surface area contributed by atoms with E-state index < -0.39 is 0 Å². The molecule has 0 spiro atoms. The Hall–Kier alpha value is -1.31. The molecule has 2 heteroatoms. The minimum atomic E-state index is -0.102. The van der Waals surface area contributed by atoms with Crippen LogP contribution in [0.5, 0.6) is 0 Å². The molecule has 0 radical (unpaired) electrons. The van der Waals surface area contributed by atoms with Crippen molar-refractivity contribution in [2.24, 2.45) is 0 Å². The van der Waals surface area contributed by atoms with Gasteiger partial charge < -0.3 is 4.74 Å². The van der Waals surface area contributed by atoms with Gasteiger partial charge in [0.1, 0.15) is 6.61 Å². The van der Waals surface area contributed by atoms with Crippen molar-refractivity contribution in [2.75, 3.05) is 6.61 Å². The van der Waals surface area contributed by atoms with Gasteiger partial charge in [0.2, 0.25) is 0 Å². The van der Waals surface area contributed by atoms with Crippen LogP contribution in [-0.4, -0.2) is 12.6 Å². The molecule has 1 heterocycles. The summed E-state index contributed by atoms with van der Waals surface area (Å²) in [6.45, 7) is 2.73. The average Bonchev–Trinajstić information content (AvgIpc) is 2.96. The molecule has 0 unspecified atom stereocenters. The zero-order valence-electron chi connectivity index (χ0n) is 14.9. The molecular formula is C21H34O2.